The van der Waals surface area contributed by atoms with Gasteiger partial charge in [0.15, 0.2) is 0 Å². The molecule has 28 heavy (non-hydrogen) atoms. The standard InChI is InChI=1S/C23H29FN2O2/c1-26(2)21(17-7-6-8-20(15-17)28-3)16-25-22(27)23(13-4-5-14-23)18-9-11-19(24)12-10-18/h6-12,15,21H,4-5,13-14,16H2,1-3H3,(H,25,27)/t21-/m0/s1. The van der Waals surface area contributed by atoms with E-state index in [4.69, 9.17) is 4.74 Å². The number of likely N-dealkylation sites (N-methyl/N-ethyl adjacent to an activating group) is 1. The van der Waals surface area contributed by atoms with Crippen molar-refractivity contribution in [3.05, 3.63) is 65.5 Å². The van der Waals surface area contributed by atoms with Gasteiger partial charge in [-0.05, 0) is 62.3 Å². The molecule has 0 spiro atoms. The van der Waals surface area contributed by atoms with Crippen molar-refractivity contribution in [1.82, 2.24) is 10.2 Å². The van der Waals surface area contributed by atoms with Crippen LogP contribution in [0.25, 0.3) is 0 Å². The number of nitrogens with zero attached hydrogens (tertiary/aromatic N) is 1. The van der Waals surface area contributed by atoms with Gasteiger partial charge in [-0.25, -0.2) is 4.39 Å². The minimum atomic E-state index is -0.557. The third-order valence-corrected chi connectivity index (χ3v) is 5.85. The van der Waals surface area contributed by atoms with Crippen LogP contribution in [-0.2, 0) is 10.2 Å². The lowest BCUT2D eigenvalue weighted by atomic mass is 9.78. The molecule has 3 rings (SSSR count). The van der Waals surface area contributed by atoms with Crippen LogP contribution in [0.15, 0.2) is 48.5 Å². The summed E-state index contributed by atoms with van der Waals surface area (Å²) in [6.07, 6.45) is 3.63. The molecule has 1 atom stereocenters. The molecule has 1 amide bonds. The number of rotatable bonds is 7. The van der Waals surface area contributed by atoms with E-state index in [1.807, 2.05) is 38.4 Å². The fourth-order valence-electron chi connectivity index (χ4n) is 4.20. The van der Waals surface area contributed by atoms with E-state index in [0.717, 1.165) is 42.6 Å². The smallest absolute Gasteiger partial charge is 0.230 e. The van der Waals surface area contributed by atoms with E-state index >= 15 is 0 Å². The summed E-state index contributed by atoms with van der Waals surface area (Å²) >= 11 is 0. The maximum absolute atomic E-state index is 13.4. The number of nitrogens with one attached hydrogen (secondary N) is 1. The second-order valence-electron chi connectivity index (χ2n) is 7.76. The first-order valence-corrected chi connectivity index (χ1v) is 9.81. The molecule has 2 aromatic rings. The van der Waals surface area contributed by atoms with Gasteiger partial charge in [-0.15, -0.1) is 0 Å². The average molecular weight is 384 g/mol. The Morgan fingerprint density at radius 3 is 2.46 bits per heavy atom. The molecule has 5 heteroatoms. The third kappa shape index (κ3) is 4.20. The molecule has 0 bridgehead atoms. The van der Waals surface area contributed by atoms with E-state index in [-0.39, 0.29) is 17.8 Å². The van der Waals surface area contributed by atoms with Gasteiger partial charge < -0.3 is 15.0 Å². The van der Waals surface area contributed by atoms with Gasteiger partial charge in [-0.2, -0.15) is 0 Å². The summed E-state index contributed by atoms with van der Waals surface area (Å²) in [6.45, 7) is 0.502. The first-order valence-electron chi connectivity index (χ1n) is 9.81. The van der Waals surface area contributed by atoms with E-state index in [2.05, 4.69) is 10.2 Å². The first-order chi connectivity index (χ1) is 13.5. The Labute approximate surface area is 166 Å². The summed E-state index contributed by atoms with van der Waals surface area (Å²) in [5, 5.41) is 3.18. The van der Waals surface area contributed by atoms with E-state index < -0.39 is 5.41 Å². The molecule has 1 aliphatic carbocycles. The Morgan fingerprint density at radius 2 is 1.86 bits per heavy atom. The summed E-state index contributed by atoms with van der Waals surface area (Å²) in [5.74, 6) is 0.559. The number of carbonyl (C=O) groups excluding carboxylic acids is 1. The second-order valence-corrected chi connectivity index (χ2v) is 7.76. The molecule has 0 aromatic heterocycles. The Morgan fingerprint density at radius 1 is 1.18 bits per heavy atom. The molecule has 1 aliphatic rings. The van der Waals surface area contributed by atoms with Crippen molar-refractivity contribution in [2.75, 3.05) is 27.7 Å². The Kier molecular flexibility index (Phi) is 6.35. The SMILES string of the molecule is COc1cccc([C@H](CNC(=O)C2(c3ccc(F)cc3)CCCC2)N(C)C)c1. The van der Waals surface area contributed by atoms with Crippen molar-refractivity contribution in [3.8, 4) is 5.75 Å². The van der Waals surface area contributed by atoms with E-state index in [1.54, 1.807) is 19.2 Å². The van der Waals surface area contributed by atoms with Crippen LogP contribution in [0.1, 0.15) is 42.9 Å². The van der Waals surface area contributed by atoms with Crippen LogP contribution in [0.4, 0.5) is 4.39 Å². The van der Waals surface area contributed by atoms with Gasteiger partial charge in [0.1, 0.15) is 11.6 Å². The highest BCUT2D eigenvalue weighted by molar-refractivity contribution is 5.88. The molecule has 0 heterocycles. The lowest BCUT2D eigenvalue weighted by Gasteiger charge is -2.31. The maximum atomic E-state index is 13.4. The predicted molar refractivity (Wildman–Crippen MR) is 109 cm³/mol. The van der Waals surface area contributed by atoms with Crippen LogP contribution < -0.4 is 10.1 Å². The maximum Gasteiger partial charge on any atom is 0.230 e. The third-order valence-electron chi connectivity index (χ3n) is 5.85. The van der Waals surface area contributed by atoms with E-state index in [1.165, 1.54) is 12.1 Å². The Bertz CT molecular complexity index is 799. The summed E-state index contributed by atoms with van der Waals surface area (Å²) in [6, 6.07) is 14.4. The zero-order valence-corrected chi connectivity index (χ0v) is 16.9. The molecule has 1 saturated carbocycles. The molecule has 4 nitrogen and oxygen atoms in total. The Balaban J connectivity index is 1.78. The number of hydrogen-bond acceptors (Lipinski definition) is 3. The molecule has 150 valence electrons. The van der Waals surface area contributed by atoms with E-state index in [0.29, 0.717) is 6.54 Å². The zero-order valence-electron chi connectivity index (χ0n) is 16.9. The molecule has 1 N–H and O–H groups in total. The van der Waals surface area contributed by atoms with Crippen molar-refractivity contribution in [2.24, 2.45) is 0 Å². The lowest BCUT2D eigenvalue weighted by Crippen LogP contribution is -2.45. The van der Waals surface area contributed by atoms with Gasteiger partial charge in [0.25, 0.3) is 0 Å². The Hall–Kier alpha value is -2.40. The van der Waals surface area contributed by atoms with Crippen LogP contribution in [-0.4, -0.2) is 38.6 Å². The molecule has 0 aliphatic heterocycles. The van der Waals surface area contributed by atoms with Gasteiger partial charge in [-0.3, -0.25) is 4.79 Å². The minimum absolute atomic E-state index is 0.0331. The van der Waals surface area contributed by atoms with Crippen LogP contribution >= 0.6 is 0 Å². The predicted octanol–water partition coefficient (Wildman–Crippen LogP) is 4.07. The highest BCUT2D eigenvalue weighted by atomic mass is 19.1. The van der Waals surface area contributed by atoms with Gasteiger partial charge in [0.2, 0.25) is 5.91 Å². The number of methoxy groups -OCH3 is 1. The van der Waals surface area contributed by atoms with Crippen LogP contribution in [0.2, 0.25) is 0 Å². The molecular weight excluding hydrogens is 355 g/mol. The molecule has 0 radical (unpaired) electrons. The van der Waals surface area contributed by atoms with Crippen molar-refractivity contribution in [1.29, 1.82) is 0 Å². The van der Waals surface area contributed by atoms with Crippen molar-refractivity contribution >= 4 is 5.91 Å². The zero-order chi connectivity index (χ0) is 20.1. The van der Waals surface area contributed by atoms with Crippen molar-refractivity contribution in [2.45, 2.75) is 37.1 Å². The number of halogens is 1. The summed E-state index contributed by atoms with van der Waals surface area (Å²) in [7, 11) is 5.65. The number of benzene rings is 2. The normalized spacial score (nSPS) is 16.8. The van der Waals surface area contributed by atoms with Crippen LogP contribution in [0.5, 0.6) is 5.75 Å². The number of hydrogen-bond donors (Lipinski definition) is 1. The monoisotopic (exact) mass is 384 g/mol. The molecule has 0 saturated heterocycles. The number of ether oxygens (including phenoxy) is 1. The van der Waals surface area contributed by atoms with Gasteiger partial charge in [-0.1, -0.05) is 37.1 Å². The van der Waals surface area contributed by atoms with Gasteiger partial charge >= 0.3 is 0 Å². The summed E-state index contributed by atoms with van der Waals surface area (Å²) < 4.78 is 18.7. The molecule has 2 aromatic carbocycles. The minimum Gasteiger partial charge on any atom is -0.497 e. The molecule has 0 unspecified atom stereocenters. The summed E-state index contributed by atoms with van der Waals surface area (Å²) in [5.41, 5.74) is 1.44. The number of amides is 1. The van der Waals surface area contributed by atoms with E-state index in [9.17, 15) is 9.18 Å². The topological polar surface area (TPSA) is 41.6 Å². The van der Waals surface area contributed by atoms with Crippen LogP contribution in [0, 0.1) is 5.82 Å². The fourth-order valence-corrected chi connectivity index (χ4v) is 4.20. The van der Waals surface area contributed by atoms with Gasteiger partial charge in [0, 0.05) is 6.54 Å². The van der Waals surface area contributed by atoms with Crippen molar-refractivity contribution in [3.63, 3.8) is 0 Å². The quantitative estimate of drug-likeness (QED) is 0.783. The molecule has 1 fully saturated rings. The lowest BCUT2D eigenvalue weighted by molar-refractivity contribution is -0.126. The largest absolute Gasteiger partial charge is 0.497 e. The van der Waals surface area contributed by atoms with Crippen LogP contribution in [0.3, 0.4) is 0 Å². The van der Waals surface area contributed by atoms with Crippen molar-refractivity contribution < 1.29 is 13.9 Å². The second kappa shape index (κ2) is 8.74. The first kappa shape index (κ1) is 20.3. The number of carbonyl (C=O) groups is 1. The summed E-state index contributed by atoms with van der Waals surface area (Å²) in [4.78, 5) is 15.4. The highest BCUT2D eigenvalue weighted by Gasteiger charge is 2.42. The average Bonchev–Trinajstić information content (AvgIpc) is 3.19. The highest BCUT2D eigenvalue weighted by Crippen LogP contribution is 2.41. The molecular formula is C23H29FN2O2. The van der Waals surface area contributed by atoms with Gasteiger partial charge in [0.05, 0.1) is 18.6 Å². The fraction of sp³-hybridized carbons (Fsp3) is 0.435.